The average molecular weight is 363 g/mol. The number of piperazine rings is 1. The number of carbonyl (C=O) groups excluding carboxylic acids is 1. The fourth-order valence-electron chi connectivity index (χ4n) is 3.11. The Kier molecular flexibility index (Phi) is 5.11. The third kappa shape index (κ3) is 4.15. The summed E-state index contributed by atoms with van der Waals surface area (Å²) in [4.78, 5) is 30.6. The van der Waals surface area contributed by atoms with Crippen molar-refractivity contribution in [1.82, 2.24) is 24.5 Å². The van der Waals surface area contributed by atoms with E-state index >= 15 is 0 Å². The van der Waals surface area contributed by atoms with E-state index < -0.39 is 0 Å². The van der Waals surface area contributed by atoms with E-state index in [4.69, 9.17) is 4.84 Å². The van der Waals surface area contributed by atoms with Crippen LogP contribution < -0.4 is 4.84 Å². The number of benzene rings is 1. The van der Waals surface area contributed by atoms with Crippen LogP contribution in [0.15, 0.2) is 67.1 Å². The van der Waals surface area contributed by atoms with Gasteiger partial charge < -0.3 is 9.74 Å². The monoisotopic (exact) mass is 363 g/mol. The van der Waals surface area contributed by atoms with Gasteiger partial charge in [0.05, 0.1) is 6.20 Å². The van der Waals surface area contributed by atoms with Gasteiger partial charge in [0.15, 0.2) is 5.82 Å². The highest BCUT2D eigenvalue weighted by molar-refractivity contribution is 5.68. The van der Waals surface area contributed by atoms with Crippen LogP contribution in [-0.4, -0.2) is 56.8 Å². The van der Waals surface area contributed by atoms with Crippen molar-refractivity contribution >= 4 is 6.09 Å². The van der Waals surface area contributed by atoms with E-state index in [9.17, 15) is 4.79 Å². The molecule has 0 N–H and O–H groups in total. The van der Waals surface area contributed by atoms with Crippen molar-refractivity contribution < 1.29 is 9.63 Å². The molecule has 0 bridgehead atoms. The van der Waals surface area contributed by atoms with E-state index in [1.54, 1.807) is 23.5 Å². The maximum absolute atomic E-state index is 12.5. The van der Waals surface area contributed by atoms with E-state index in [-0.39, 0.29) is 6.09 Å². The number of aromatic nitrogens is 3. The molecule has 7 nitrogen and oxygen atoms in total. The molecule has 7 heteroatoms. The Morgan fingerprint density at radius 3 is 2.44 bits per heavy atom. The van der Waals surface area contributed by atoms with Crippen molar-refractivity contribution in [3.8, 4) is 11.5 Å². The van der Waals surface area contributed by atoms with Gasteiger partial charge in [-0.05, 0) is 17.7 Å². The zero-order chi connectivity index (χ0) is 18.5. The number of pyridine rings is 1. The van der Waals surface area contributed by atoms with Crippen LogP contribution >= 0.6 is 0 Å². The molecular weight excluding hydrogens is 342 g/mol. The predicted molar refractivity (Wildman–Crippen MR) is 101 cm³/mol. The first-order valence-corrected chi connectivity index (χ1v) is 8.98. The first-order valence-electron chi connectivity index (χ1n) is 8.98. The zero-order valence-electron chi connectivity index (χ0n) is 14.9. The summed E-state index contributed by atoms with van der Waals surface area (Å²) in [6.07, 6.45) is 4.52. The Bertz CT molecular complexity index is 874. The van der Waals surface area contributed by atoms with Gasteiger partial charge in [0.2, 0.25) is 0 Å². The molecular formula is C20H21N5O2. The minimum Gasteiger partial charge on any atom is -0.315 e. The maximum atomic E-state index is 12.5. The highest BCUT2D eigenvalue weighted by atomic mass is 16.7. The summed E-state index contributed by atoms with van der Waals surface area (Å²) >= 11 is 0. The Morgan fingerprint density at radius 2 is 1.70 bits per heavy atom. The van der Waals surface area contributed by atoms with Crippen LogP contribution in [0.5, 0.6) is 0 Å². The van der Waals surface area contributed by atoms with Crippen LogP contribution in [0.3, 0.4) is 0 Å². The van der Waals surface area contributed by atoms with Crippen molar-refractivity contribution in [2.24, 2.45) is 0 Å². The Morgan fingerprint density at radius 1 is 0.926 bits per heavy atom. The standard InChI is InChI=1S/C20H21N5O2/c26-20(27-25-11-10-22-19(25)18-8-4-5-9-21-18)24-14-12-23(13-15-24)16-17-6-2-1-3-7-17/h1-11H,12-16H2. The topological polar surface area (TPSA) is 63.5 Å². The van der Waals surface area contributed by atoms with E-state index in [1.165, 1.54) is 10.3 Å². The lowest BCUT2D eigenvalue weighted by molar-refractivity contribution is 0.0688. The largest absolute Gasteiger partial charge is 0.434 e. The van der Waals surface area contributed by atoms with Crippen LogP contribution in [-0.2, 0) is 6.54 Å². The third-order valence-electron chi connectivity index (χ3n) is 4.56. The summed E-state index contributed by atoms with van der Waals surface area (Å²) < 4.78 is 1.38. The van der Waals surface area contributed by atoms with E-state index in [0.717, 1.165) is 19.6 Å². The lowest BCUT2D eigenvalue weighted by Gasteiger charge is -2.33. The van der Waals surface area contributed by atoms with Crippen LogP contribution in [0.2, 0.25) is 0 Å². The molecule has 1 fully saturated rings. The molecule has 0 saturated carbocycles. The number of amides is 1. The van der Waals surface area contributed by atoms with Gasteiger partial charge in [0, 0.05) is 45.1 Å². The lowest BCUT2D eigenvalue weighted by atomic mass is 10.2. The summed E-state index contributed by atoms with van der Waals surface area (Å²) in [6.45, 7) is 3.82. The van der Waals surface area contributed by atoms with Crippen LogP contribution in [0.25, 0.3) is 11.5 Å². The second-order valence-electron chi connectivity index (χ2n) is 6.40. The molecule has 0 atom stereocenters. The highest BCUT2D eigenvalue weighted by Crippen LogP contribution is 2.14. The average Bonchev–Trinajstić information content (AvgIpc) is 3.18. The van der Waals surface area contributed by atoms with Gasteiger partial charge in [0.1, 0.15) is 5.69 Å². The molecule has 1 aromatic carbocycles. The molecule has 2 aromatic heterocycles. The molecule has 1 aliphatic rings. The molecule has 0 aliphatic carbocycles. The molecule has 1 amide bonds. The van der Waals surface area contributed by atoms with Crippen molar-refractivity contribution in [3.63, 3.8) is 0 Å². The highest BCUT2D eigenvalue weighted by Gasteiger charge is 2.23. The van der Waals surface area contributed by atoms with E-state index in [2.05, 4.69) is 27.0 Å². The van der Waals surface area contributed by atoms with Gasteiger partial charge in [0.25, 0.3) is 0 Å². The van der Waals surface area contributed by atoms with E-state index in [0.29, 0.717) is 24.6 Å². The maximum Gasteiger partial charge on any atom is 0.434 e. The van der Waals surface area contributed by atoms with Gasteiger partial charge in [-0.1, -0.05) is 36.4 Å². The molecule has 0 radical (unpaired) electrons. The number of carbonyl (C=O) groups is 1. The lowest BCUT2D eigenvalue weighted by Crippen LogP contribution is -2.50. The minimum absolute atomic E-state index is 0.371. The second kappa shape index (κ2) is 8.01. The van der Waals surface area contributed by atoms with Crippen molar-refractivity contribution in [1.29, 1.82) is 0 Å². The molecule has 3 aromatic rings. The molecule has 1 aliphatic heterocycles. The first-order chi connectivity index (χ1) is 13.3. The van der Waals surface area contributed by atoms with Crippen LogP contribution in [0.1, 0.15) is 5.56 Å². The summed E-state index contributed by atoms with van der Waals surface area (Å²) in [7, 11) is 0. The molecule has 27 heavy (non-hydrogen) atoms. The van der Waals surface area contributed by atoms with Crippen molar-refractivity contribution in [2.45, 2.75) is 6.54 Å². The molecule has 3 heterocycles. The number of imidazole rings is 1. The predicted octanol–water partition coefficient (Wildman–Crippen LogP) is 2.31. The first kappa shape index (κ1) is 17.2. The Hall–Kier alpha value is -3.19. The van der Waals surface area contributed by atoms with Gasteiger partial charge in [-0.3, -0.25) is 9.88 Å². The summed E-state index contributed by atoms with van der Waals surface area (Å²) in [5.41, 5.74) is 1.94. The van der Waals surface area contributed by atoms with Gasteiger partial charge in [-0.2, -0.15) is 4.73 Å². The second-order valence-corrected chi connectivity index (χ2v) is 6.40. The fraction of sp³-hybridized carbons (Fsp3) is 0.250. The minimum atomic E-state index is -0.371. The Balaban J connectivity index is 1.34. The van der Waals surface area contributed by atoms with E-state index in [1.807, 2.05) is 36.4 Å². The van der Waals surface area contributed by atoms with Crippen molar-refractivity contribution in [3.05, 3.63) is 72.7 Å². The van der Waals surface area contributed by atoms with Gasteiger partial charge >= 0.3 is 6.09 Å². The molecule has 0 spiro atoms. The van der Waals surface area contributed by atoms with Crippen molar-refractivity contribution in [2.75, 3.05) is 26.2 Å². The molecule has 0 unspecified atom stereocenters. The molecule has 138 valence electrons. The third-order valence-corrected chi connectivity index (χ3v) is 4.56. The number of nitrogens with zero attached hydrogens (tertiary/aromatic N) is 5. The number of hydrogen-bond acceptors (Lipinski definition) is 5. The molecule has 4 rings (SSSR count). The zero-order valence-corrected chi connectivity index (χ0v) is 14.9. The number of hydrogen-bond donors (Lipinski definition) is 0. The Labute approximate surface area is 157 Å². The smallest absolute Gasteiger partial charge is 0.315 e. The SMILES string of the molecule is O=C(On1ccnc1-c1ccccn1)N1CCN(Cc2ccccc2)CC1. The fourth-order valence-corrected chi connectivity index (χ4v) is 3.11. The summed E-state index contributed by atoms with van der Waals surface area (Å²) in [5, 5.41) is 0. The normalized spacial score (nSPS) is 14.9. The summed E-state index contributed by atoms with van der Waals surface area (Å²) in [5.74, 6) is 0.506. The number of rotatable bonds is 4. The van der Waals surface area contributed by atoms with Crippen LogP contribution in [0.4, 0.5) is 4.79 Å². The van der Waals surface area contributed by atoms with Gasteiger partial charge in [-0.25, -0.2) is 9.78 Å². The van der Waals surface area contributed by atoms with Gasteiger partial charge in [-0.15, -0.1) is 0 Å². The molecule has 1 saturated heterocycles. The van der Waals surface area contributed by atoms with Crippen LogP contribution in [0, 0.1) is 0 Å². The summed E-state index contributed by atoms with van der Waals surface area (Å²) in [6, 6.07) is 15.9. The quantitative estimate of drug-likeness (QED) is 0.712.